The zero-order valence-corrected chi connectivity index (χ0v) is 15.1. The number of nitrogens with one attached hydrogen (secondary N) is 1. The molecule has 3 heterocycles. The number of ether oxygens (including phenoxy) is 1. The van der Waals surface area contributed by atoms with Gasteiger partial charge in [-0.05, 0) is 37.8 Å². The molecule has 0 aliphatic carbocycles. The summed E-state index contributed by atoms with van der Waals surface area (Å²) < 4.78 is 20.1. The number of anilines is 1. The lowest BCUT2D eigenvalue weighted by Crippen LogP contribution is -2.46. The number of nitrogens with zero attached hydrogens (tertiary/aromatic N) is 3. The Bertz CT molecular complexity index is 754. The molecule has 0 radical (unpaired) electrons. The van der Waals surface area contributed by atoms with Crippen molar-refractivity contribution in [1.82, 2.24) is 14.9 Å². The van der Waals surface area contributed by atoms with Gasteiger partial charge in [0.25, 0.3) is 0 Å². The van der Waals surface area contributed by atoms with Gasteiger partial charge < -0.3 is 10.1 Å². The lowest BCUT2D eigenvalue weighted by Gasteiger charge is -2.38. The summed E-state index contributed by atoms with van der Waals surface area (Å²) in [5.74, 6) is 0.549. The molecule has 2 atom stereocenters. The maximum atomic E-state index is 13.9. The number of rotatable bonds is 4. The number of hydrogen-bond donors (Lipinski definition) is 1. The summed E-state index contributed by atoms with van der Waals surface area (Å²) in [7, 11) is 0. The van der Waals surface area contributed by atoms with Crippen LogP contribution in [0.3, 0.4) is 0 Å². The van der Waals surface area contributed by atoms with Crippen LogP contribution in [-0.2, 0) is 11.3 Å². The van der Waals surface area contributed by atoms with Gasteiger partial charge in [-0.15, -0.1) is 0 Å². The van der Waals surface area contributed by atoms with E-state index in [2.05, 4.69) is 20.2 Å². The number of likely N-dealkylation sites (tertiary alicyclic amines) is 1. The average molecular weight is 356 g/mol. The Morgan fingerprint density at radius 1 is 1.31 bits per heavy atom. The van der Waals surface area contributed by atoms with E-state index in [1.165, 1.54) is 6.07 Å². The Morgan fingerprint density at radius 3 is 2.92 bits per heavy atom. The molecule has 2 aromatic rings. The highest BCUT2D eigenvalue weighted by Gasteiger charge is 2.43. The smallest absolute Gasteiger partial charge is 0.222 e. The molecule has 4 rings (SSSR count). The van der Waals surface area contributed by atoms with Gasteiger partial charge in [0.05, 0.1) is 5.60 Å². The maximum absolute atomic E-state index is 13.9. The van der Waals surface area contributed by atoms with Crippen molar-refractivity contribution in [3.63, 3.8) is 0 Å². The van der Waals surface area contributed by atoms with Crippen LogP contribution in [0.5, 0.6) is 0 Å². The molecule has 0 unspecified atom stereocenters. The van der Waals surface area contributed by atoms with E-state index in [1.54, 1.807) is 6.07 Å². The molecule has 1 N–H and O–H groups in total. The highest BCUT2D eigenvalue weighted by molar-refractivity contribution is 5.27. The highest BCUT2D eigenvalue weighted by atomic mass is 19.1. The normalized spacial score (nSPS) is 26.3. The summed E-state index contributed by atoms with van der Waals surface area (Å²) in [5, 5.41) is 3.45. The predicted octanol–water partition coefficient (Wildman–Crippen LogP) is 3.16. The number of aryl methyl sites for hydroxylation is 1. The van der Waals surface area contributed by atoms with E-state index in [4.69, 9.17) is 4.74 Å². The minimum Gasteiger partial charge on any atom is -0.373 e. The number of benzene rings is 1. The van der Waals surface area contributed by atoms with E-state index in [9.17, 15) is 4.39 Å². The van der Waals surface area contributed by atoms with Gasteiger partial charge in [0, 0.05) is 50.2 Å². The van der Waals surface area contributed by atoms with Crippen molar-refractivity contribution in [2.45, 2.75) is 44.4 Å². The summed E-state index contributed by atoms with van der Waals surface area (Å²) in [6, 6.07) is 7.32. The first kappa shape index (κ1) is 17.4. The first-order valence-electron chi connectivity index (χ1n) is 9.27. The summed E-state index contributed by atoms with van der Waals surface area (Å²) in [6.45, 7) is 5.13. The number of aromatic nitrogens is 2. The van der Waals surface area contributed by atoms with E-state index in [0.29, 0.717) is 18.5 Å². The Hall–Kier alpha value is -2.05. The molecule has 0 bridgehead atoms. The molecule has 2 fully saturated rings. The van der Waals surface area contributed by atoms with E-state index < -0.39 is 0 Å². The predicted molar refractivity (Wildman–Crippen MR) is 98.4 cm³/mol. The molecule has 6 heteroatoms. The Balaban J connectivity index is 1.38. The maximum Gasteiger partial charge on any atom is 0.222 e. The van der Waals surface area contributed by atoms with E-state index in [1.807, 2.05) is 31.5 Å². The Morgan fingerprint density at radius 2 is 2.12 bits per heavy atom. The van der Waals surface area contributed by atoms with Gasteiger partial charge in [0.2, 0.25) is 5.95 Å². The summed E-state index contributed by atoms with van der Waals surface area (Å²) in [6.07, 6.45) is 6.52. The molecule has 2 saturated heterocycles. The van der Waals surface area contributed by atoms with Crippen molar-refractivity contribution in [2.24, 2.45) is 0 Å². The molecular weight excluding hydrogens is 331 g/mol. The topological polar surface area (TPSA) is 50.3 Å². The van der Waals surface area contributed by atoms with E-state index in [-0.39, 0.29) is 11.4 Å². The summed E-state index contributed by atoms with van der Waals surface area (Å²) in [4.78, 5) is 11.0. The largest absolute Gasteiger partial charge is 0.373 e. The standard InChI is InChI=1S/C20H25FN4O/c1-15-11-22-19(23-12-15)24-17-6-9-26-20(10-17)7-8-25(14-20)13-16-4-2-3-5-18(16)21/h2-5,11-12,17H,6-10,13-14H2,1H3,(H,22,23,24)/t17-,20-/m1/s1. The first-order chi connectivity index (χ1) is 12.6. The monoisotopic (exact) mass is 356 g/mol. The van der Waals surface area contributed by atoms with Crippen molar-refractivity contribution < 1.29 is 9.13 Å². The van der Waals surface area contributed by atoms with Gasteiger partial charge >= 0.3 is 0 Å². The molecule has 1 spiro atoms. The third kappa shape index (κ3) is 3.86. The fourth-order valence-corrected chi connectivity index (χ4v) is 4.02. The zero-order chi connectivity index (χ0) is 18.0. The second-order valence-electron chi connectivity index (χ2n) is 7.50. The average Bonchev–Trinajstić information content (AvgIpc) is 3.01. The molecule has 2 aliphatic rings. The molecule has 26 heavy (non-hydrogen) atoms. The van der Waals surface area contributed by atoms with Crippen LogP contribution in [0.15, 0.2) is 36.7 Å². The quantitative estimate of drug-likeness (QED) is 0.912. The summed E-state index contributed by atoms with van der Waals surface area (Å²) in [5.41, 5.74) is 1.66. The van der Waals surface area contributed by atoms with Crippen molar-refractivity contribution in [2.75, 3.05) is 25.0 Å². The fourth-order valence-electron chi connectivity index (χ4n) is 4.02. The first-order valence-corrected chi connectivity index (χ1v) is 9.27. The molecule has 1 aromatic heterocycles. The molecule has 5 nitrogen and oxygen atoms in total. The third-order valence-electron chi connectivity index (χ3n) is 5.35. The van der Waals surface area contributed by atoms with E-state index >= 15 is 0 Å². The lowest BCUT2D eigenvalue weighted by atomic mass is 9.89. The second kappa shape index (κ2) is 7.29. The van der Waals surface area contributed by atoms with E-state index in [0.717, 1.165) is 50.1 Å². The van der Waals surface area contributed by atoms with Crippen LogP contribution in [0.1, 0.15) is 30.4 Å². The van der Waals surface area contributed by atoms with Gasteiger partial charge in [-0.1, -0.05) is 18.2 Å². The lowest BCUT2D eigenvalue weighted by molar-refractivity contribution is -0.0737. The van der Waals surface area contributed by atoms with Crippen LogP contribution < -0.4 is 5.32 Å². The number of hydrogen-bond acceptors (Lipinski definition) is 5. The van der Waals surface area contributed by atoms with Crippen LogP contribution in [0, 0.1) is 12.7 Å². The van der Waals surface area contributed by atoms with Gasteiger partial charge in [-0.2, -0.15) is 0 Å². The summed E-state index contributed by atoms with van der Waals surface area (Å²) >= 11 is 0. The van der Waals surface area contributed by atoms with Crippen molar-refractivity contribution >= 4 is 5.95 Å². The van der Waals surface area contributed by atoms with Gasteiger partial charge in [-0.25, -0.2) is 14.4 Å². The fraction of sp³-hybridized carbons (Fsp3) is 0.500. The van der Waals surface area contributed by atoms with Gasteiger partial charge in [0.15, 0.2) is 0 Å². The van der Waals surface area contributed by atoms with Gasteiger partial charge in [-0.3, -0.25) is 4.90 Å². The van der Waals surface area contributed by atoms with Crippen molar-refractivity contribution in [3.8, 4) is 0 Å². The van der Waals surface area contributed by atoms with Crippen LogP contribution in [0.2, 0.25) is 0 Å². The Kier molecular flexibility index (Phi) is 4.87. The molecular formula is C20H25FN4O. The van der Waals surface area contributed by atoms with Crippen molar-refractivity contribution in [1.29, 1.82) is 0 Å². The van der Waals surface area contributed by atoms with Crippen LogP contribution in [0.4, 0.5) is 10.3 Å². The second-order valence-corrected chi connectivity index (χ2v) is 7.50. The van der Waals surface area contributed by atoms with Crippen molar-refractivity contribution in [3.05, 3.63) is 53.6 Å². The Labute approximate surface area is 153 Å². The molecule has 2 aliphatic heterocycles. The van der Waals surface area contributed by atoms with Crippen LogP contribution in [-0.4, -0.2) is 46.2 Å². The minimum absolute atomic E-state index is 0.130. The zero-order valence-electron chi connectivity index (χ0n) is 15.1. The minimum atomic E-state index is -0.147. The number of halogens is 1. The molecule has 1 aromatic carbocycles. The molecule has 138 valence electrons. The van der Waals surface area contributed by atoms with Crippen LogP contribution >= 0.6 is 0 Å². The third-order valence-corrected chi connectivity index (χ3v) is 5.35. The van der Waals surface area contributed by atoms with Gasteiger partial charge in [0.1, 0.15) is 5.82 Å². The van der Waals surface area contributed by atoms with Crippen LogP contribution in [0.25, 0.3) is 0 Å². The molecule has 0 amide bonds. The highest BCUT2D eigenvalue weighted by Crippen LogP contribution is 2.35. The SMILES string of the molecule is Cc1cnc(N[C@@H]2CCO[C@]3(CCN(Cc4ccccc4F)C3)C2)nc1. The molecule has 0 saturated carbocycles.